The van der Waals surface area contributed by atoms with Crippen LogP contribution in [0.3, 0.4) is 0 Å². The molecule has 2 fully saturated rings. The van der Waals surface area contributed by atoms with E-state index in [2.05, 4.69) is 42.7 Å². The smallest absolute Gasteiger partial charge is 0.0546 e. The van der Waals surface area contributed by atoms with Crippen LogP contribution >= 0.6 is 11.8 Å². The fourth-order valence-electron chi connectivity index (χ4n) is 3.48. The molecule has 0 spiro atoms. The standard InChI is InChI=1S/C16H32N2OS/c1-4-7-17-11-16(6-5-9-19-14-16)13-18-8-10-20-15(2,3)12-18/h17H,4-14H2,1-3H3. The van der Waals surface area contributed by atoms with Crippen molar-refractivity contribution in [3.05, 3.63) is 0 Å². The second kappa shape index (κ2) is 7.48. The van der Waals surface area contributed by atoms with Crippen molar-refractivity contribution in [2.75, 3.05) is 51.7 Å². The van der Waals surface area contributed by atoms with Gasteiger partial charge >= 0.3 is 0 Å². The first-order chi connectivity index (χ1) is 9.55. The predicted octanol–water partition coefficient (Wildman–Crippen LogP) is 2.61. The molecule has 2 saturated heterocycles. The van der Waals surface area contributed by atoms with Gasteiger partial charge in [-0.2, -0.15) is 11.8 Å². The quantitative estimate of drug-likeness (QED) is 0.762. The molecule has 1 unspecified atom stereocenters. The van der Waals surface area contributed by atoms with Gasteiger partial charge in [-0.15, -0.1) is 0 Å². The van der Waals surface area contributed by atoms with Crippen molar-refractivity contribution < 1.29 is 4.74 Å². The van der Waals surface area contributed by atoms with Gasteiger partial charge in [0.25, 0.3) is 0 Å². The number of nitrogens with one attached hydrogen (secondary N) is 1. The summed E-state index contributed by atoms with van der Waals surface area (Å²) in [6.45, 7) is 14.8. The van der Waals surface area contributed by atoms with Crippen molar-refractivity contribution in [3.63, 3.8) is 0 Å². The molecule has 2 aliphatic rings. The minimum Gasteiger partial charge on any atom is -0.381 e. The van der Waals surface area contributed by atoms with E-state index in [0.717, 1.165) is 26.3 Å². The summed E-state index contributed by atoms with van der Waals surface area (Å²) >= 11 is 2.12. The lowest BCUT2D eigenvalue weighted by molar-refractivity contribution is -0.0266. The van der Waals surface area contributed by atoms with Gasteiger partial charge in [0.15, 0.2) is 0 Å². The average Bonchev–Trinajstić information content (AvgIpc) is 2.39. The molecule has 2 heterocycles. The van der Waals surface area contributed by atoms with Crippen LogP contribution in [0.5, 0.6) is 0 Å². The number of rotatable bonds is 6. The molecule has 0 saturated carbocycles. The largest absolute Gasteiger partial charge is 0.381 e. The molecular weight excluding hydrogens is 268 g/mol. The van der Waals surface area contributed by atoms with Crippen LogP contribution in [0, 0.1) is 5.41 Å². The lowest BCUT2D eigenvalue weighted by Gasteiger charge is -2.45. The van der Waals surface area contributed by atoms with Crippen molar-refractivity contribution in [2.24, 2.45) is 5.41 Å². The summed E-state index contributed by atoms with van der Waals surface area (Å²) in [6, 6.07) is 0. The Hall–Kier alpha value is 0.230. The van der Waals surface area contributed by atoms with Gasteiger partial charge in [0, 0.05) is 48.7 Å². The molecule has 0 amide bonds. The van der Waals surface area contributed by atoms with Crippen LogP contribution in [0.25, 0.3) is 0 Å². The fourth-order valence-corrected chi connectivity index (χ4v) is 4.66. The summed E-state index contributed by atoms with van der Waals surface area (Å²) in [6.07, 6.45) is 3.75. The summed E-state index contributed by atoms with van der Waals surface area (Å²) in [7, 11) is 0. The molecule has 0 aliphatic carbocycles. The van der Waals surface area contributed by atoms with Gasteiger partial charge in [0.2, 0.25) is 0 Å². The fraction of sp³-hybridized carbons (Fsp3) is 1.00. The highest BCUT2D eigenvalue weighted by Crippen LogP contribution is 2.34. The van der Waals surface area contributed by atoms with E-state index in [1.807, 2.05) is 0 Å². The maximum Gasteiger partial charge on any atom is 0.0546 e. The minimum atomic E-state index is 0.339. The van der Waals surface area contributed by atoms with Gasteiger partial charge in [-0.1, -0.05) is 6.92 Å². The zero-order valence-electron chi connectivity index (χ0n) is 13.5. The highest BCUT2D eigenvalue weighted by Gasteiger charge is 2.37. The van der Waals surface area contributed by atoms with Gasteiger partial charge in [-0.25, -0.2) is 0 Å². The summed E-state index contributed by atoms with van der Waals surface area (Å²) < 4.78 is 6.25. The summed E-state index contributed by atoms with van der Waals surface area (Å²) in [5.74, 6) is 1.27. The molecule has 0 aromatic heterocycles. The zero-order valence-corrected chi connectivity index (χ0v) is 14.4. The molecule has 0 aromatic carbocycles. The van der Waals surface area contributed by atoms with E-state index in [9.17, 15) is 0 Å². The Labute approximate surface area is 129 Å². The van der Waals surface area contributed by atoms with Crippen LogP contribution in [-0.2, 0) is 4.74 Å². The SMILES string of the molecule is CCCNCC1(CN2CCSC(C)(C)C2)CCCOC1. The third kappa shape index (κ3) is 4.90. The van der Waals surface area contributed by atoms with Gasteiger partial charge in [0.1, 0.15) is 0 Å². The molecule has 3 nitrogen and oxygen atoms in total. The van der Waals surface area contributed by atoms with Crippen LogP contribution in [-0.4, -0.2) is 61.3 Å². The minimum absolute atomic E-state index is 0.339. The number of nitrogens with zero attached hydrogens (tertiary/aromatic N) is 1. The maximum absolute atomic E-state index is 5.84. The highest BCUT2D eigenvalue weighted by molar-refractivity contribution is 8.00. The van der Waals surface area contributed by atoms with E-state index < -0.39 is 0 Å². The van der Waals surface area contributed by atoms with Crippen LogP contribution in [0.15, 0.2) is 0 Å². The number of hydrogen-bond donors (Lipinski definition) is 1. The maximum atomic E-state index is 5.84. The van der Waals surface area contributed by atoms with Gasteiger partial charge < -0.3 is 15.0 Å². The van der Waals surface area contributed by atoms with Crippen molar-refractivity contribution >= 4 is 11.8 Å². The lowest BCUT2D eigenvalue weighted by atomic mass is 9.81. The van der Waals surface area contributed by atoms with Crippen LogP contribution in [0.1, 0.15) is 40.0 Å². The Kier molecular flexibility index (Phi) is 6.21. The molecule has 2 aliphatic heterocycles. The third-order valence-electron chi connectivity index (χ3n) is 4.39. The molecule has 4 heteroatoms. The molecule has 0 radical (unpaired) electrons. The van der Waals surface area contributed by atoms with Gasteiger partial charge in [0.05, 0.1) is 6.61 Å². The topological polar surface area (TPSA) is 24.5 Å². The number of ether oxygens (including phenoxy) is 1. The van der Waals surface area contributed by atoms with Crippen LogP contribution in [0.2, 0.25) is 0 Å². The molecule has 1 N–H and O–H groups in total. The zero-order chi connectivity index (χ0) is 14.5. The first-order valence-corrected chi connectivity index (χ1v) is 9.19. The summed E-state index contributed by atoms with van der Waals surface area (Å²) in [5.41, 5.74) is 0.339. The van der Waals surface area contributed by atoms with Crippen molar-refractivity contribution in [3.8, 4) is 0 Å². The lowest BCUT2D eigenvalue weighted by Crippen LogP contribution is -2.53. The Morgan fingerprint density at radius 3 is 2.85 bits per heavy atom. The normalized spacial score (nSPS) is 31.4. The Morgan fingerprint density at radius 1 is 1.35 bits per heavy atom. The van der Waals surface area contributed by atoms with Crippen molar-refractivity contribution in [1.82, 2.24) is 10.2 Å². The Bertz CT molecular complexity index is 290. The first-order valence-electron chi connectivity index (χ1n) is 8.20. The van der Waals surface area contributed by atoms with Crippen LogP contribution in [0.4, 0.5) is 0 Å². The van der Waals surface area contributed by atoms with Crippen molar-refractivity contribution in [1.29, 1.82) is 0 Å². The van der Waals surface area contributed by atoms with Gasteiger partial charge in [-0.3, -0.25) is 0 Å². The molecule has 20 heavy (non-hydrogen) atoms. The first kappa shape index (κ1) is 16.6. The molecule has 0 bridgehead atoms. The molecule has 118 valence electrons. The third-order valence-corrected chi connectivity index (χ3v) is 5.69. The van der Waals surface area contributed by atoms with E-state index >= 15 is 0 Å². The van der Waals surface area contributed by atoms with Crippen molar-refractivity contribution in [2.45, 2.75) is 44.8 Å². The van der Waals surface area contributed by atoms with Gasteiger partial charge in [-0.05, 0) is 39.7 Å². The van der Waals surface area contributed by atoms with E-state index in [1.165, 1.54) is 44.6 Å². The summed E-state index contributed by atoms with van der Waals surface area (Å²) in [4.78, 5) is 2.68. The monoisotopic (exact) mass is 300 g/mol. The average molecular weight is 301 g/mol. The van der Waals surface area contributed by atoms with E-state index in [0.29, 0.717) is 10.2 Å². The number of thioether (sulfide) groups is 1. The molecule has 2 rings (SSSR count). The Morgan fingerprint density at radius 2 is 2.20 bits per heavy atom. The second-order valence-electron chi connectivity index (χ2n) is 7.15. The Balaban J connectivity index is 1.92. The predicted molar refractivity (Wildman–Crippen MR) is 88.6 cm³/mol. The van der Waals surface area contributed by atoms with E-state index in [4.69, 9.17) is 4.74 Å². The van der Waals surface area contributed by atoms with E-state index in [1.54, 1.807) is 0 Å². The second-order valence-corrected chi connectivity index (χ2v) is 8.95. The molecular formula is C16H32N2OS. The summed E-state index contributed by atoms with van der Waals surface area (Å²) in [5, 5.41) is 3.64. The number of hydrogen-bond acceptors (Lipinski definition) is 4. The van der Waals surface area contributed by atoms with E-state index in [-0.39, 0.29) is 0 Å². The molecule has 0 aromatic rings. The molecule has 1 atom stereocenters. The van der Waals surface area contributed by atoms with Crippen LogP contribution < -0.4 is 5.32 Å². The highest BCUT2D eigenvalue weighted by atomic mass is 32.2.